The Hall–Kier alpha value is -2.80. The van der Waals surface area contributed by atoms with E-state index in [4.69, 9.17) is 10.7 Å². The Balaban J connectivity index is 1.51. The number of anilines is 1. The number of carbonyl (C=O) groups is 1. The first-order valence-electron chi connectivity index (χ1n) is 9.07. The number of thiazole rings is 1. The van der Waals surface area contributed by atoms with E-state index in [0.29, 0.717) is 17.1 Å². The number of rotatable bonds is 4. The highest BCUT2D eigenvalue weighted by atomic mass is 32.1. The minimum Gasteiger partial charge on any atom is -0.384 e. The SMILES string of the molecule is C[C@H](NC(=O)c1cccc(-c2cc(N)ncn2)c1)c1nc2c(s1)CCCC2. The number of amides is 1. The molecule has 4 rings (SSSR count). The average molecular weight is 379 g/mol. The third-order valence-corrected chi connectivity index (χ3v) is 6.03. The summed E-state index contributed by atoms with van der Waals surface area (Å²) in [6.07, 6.45) is 6.02. The molecule has 0 bridgehead atoms. The molecule has 1 aliphatic rings. The fraction of sp³-hybridized carbons (Fsp3) is 0.300. The van der Waals surface area contributed by atoms with Gasteiger partial charge in [0.2, 0.25) is 0 Å². The van der Waals surface area contributed by atoms with E-state index < -0.39 is 0 Å². The summed E-state index contributed by atoms with van der Waals surface area (Å²) in [5.74, 6) is 0.274. The second-order valence-corrected chi connectivity index (χ2v) is 7.85. The molecule has 0 unspecified atom stereocenters. The summed E-state index contributed by atoms with van der Waals surface area (Å²) >= 11 is 1.73. The second-order valence-electron chi connectivity index (χ2n) is 6.73. The molecule has 3 N–H and O–H groups in total. The summed E-state index contributed by atoms with van der Waals surface area (Å²) in [6.45, 7) is 1.98. The van der Waals surface area contributed by atoms with Crippen molar-refractivity contribution in [2.75, 3.05) is 5.73 Å². The monoisotopic (exact) mass is 379 g/mol. The average Bonchev–Trinajstić information content (AvgIpc) is 3.12. The first-order valence-corrected chi connectivity index (χ1v) is 9.89. The number of nitrogens with zero attached hydrogens (tertiary/aromatic N) is 3. The van der Waals surface area contributed by atoms with Crippen LogP contribution in [0.15, 0.2) is 36.7 Å². The van der Waals surface area contributed by atoms with Gasteiger partial charge >= 0.3 is 0 Å². The minimum absolute atomic E-state index is 0.119. The first kappa shape index (κ1) is 17.6. The van der Waals surface area contributed by atoms with Crippen molar-refractivity contribution in [3.63, 3.8) is 0 Å². The number of aryl methyl sites for hydroxylation is 2. The zero-order chi connectivity index (χ0) is 18.8. The van der Waals surface area contributed by atoms with Gasteiger partial charge in [0.25, 0.3) is 5.91 Å². The van der Waals surface area contributed by atoms with Gasteiger partial charge in [0.15, 0.2) is 0 Å². The van der Waals surface area contributed by atoms with E-state index in [0.717, 1.165) is 23.4 Å². The molecule has 0 saturated heterocycles. The van der Waals surface area contributed by atoms with Crippen LogP contribution in [0.5, 0.6) is 0 Å². The smallest absolute Gasteiger partial charge is 0.251 e. The number of nitrogens with two attached hydrogens (primary N) is 1. The van der Waals surface area contributed by atoms with Gasteiger partial charge in [0, 0.05) is 22.1 Å². The van der Waals surface area contributed by atoms with Gasteiger partial charge in [-0.3, -0.25) is 4.79 Å². The van der Waals surface area contributed by atoms with Gasteiger partial charge in [0.05, 0.1) is 17.4 Å². The molecule has 1 aliphatic carbocycles. The number of nitrogens with one attached hydrogen (secondary N) is 1. The van der Waals surface area contributed by atoms with Gasteiger partial charge < -0.3 is 11.1 Å². The van der Waals surface area contributed by atoms with Crippen molar-refractivity contribution in [1.82, 2.24) is 20.3 Å². The van der Waals surface area contributed by atoms with E-state index in [2.05, 4.69) is 15.3 Å². The van der Waals surface area contributed by atoms with E-state index in [-0.39, 0.29) is 11.9 Å². The molecule has 0 radical (unpaired) electrons. The Morgan fingerprint density at radius 1 is 1.22 bits per heavy atom. The van der Waals surface area contributed by atoms with Gasteiger partial charge in [-0.05, 0) is 44.7 Å². The maximum Gasteiger partial charge on any atom is 0.251 e. The van der Waals surface area contributed by atoms with E-state index in [9.17, 15) is 4.79 Å². The number of benzene rings is 1. The van der Waals surface area contributed by atoms with Crippen LogP contribution in [-0.4, -0.2) is 20.9 Å². The standard InChI is InChI=1S/C20H21N5OS/c1-12(20-25-15-7-2-3-8-17(15)27-20)24-19(26)14-6-4-5-13(9-14)16-10-18(21)23-11-22-16/h4-6,9-12H,2-3,7-8H2,1H3,(H,24,26)(H2,21,22,23)/t12-/m0/s1. The number of carbonyl (C=O) groups excluding carboxylic acids is 1. The predicted molar refractivity (Wildman–Crippen MR) is 107 cm³/mol. The molecule has 1 aromatic carbocycles. The Bertz CT molecular complexity index is 961. The molecule has 0 saturated carbocycles. The largest absolute Gasteiger partial charge is 0.384 e. The molecule has 6 nitrogen and oxygen atoms in total. The lowest BCUT2D eigenvalue weighted by atomic mass is 10.0. The summed E-state index contributed by atoms with van der Waals surface area (Å²) < 4.78 is 0. The highest BCUT2D eigenvalue weighted by Crippen LogP contribution is 2.30. The van der Waals surface area contributed by atoms with Crippen molar-refractivity contribution in [3.05, 3.63) is 57.8 Å². The number of hydrogen-bond acceptors (Lipinski definition) is 6. The molecule has 138 valence electrons. The summed E-state index contributed by atoms with van der Waals surface area (Å²) in [5, 5.41) is 4.04. The molecule has 2 aromatic heterocycles. The van der Waals surface area contributed by atoms with Gasteiger partial charge in [-0.2, -0.15) is 0 Å². The molecule has 27 heavy (non-hydrogen) atoms. The highest BCUT2D eigenvalue weighted by Gasteiger charge is 2.20. The summed E-state index contributed by atoms with van der Waals surface area (Å²) in [5.41, 5.74) is 9.04. The molecule has 1 amide bonds. The maximum atomic E-state index is 12.7. The van der Waals surface area contributed by atoms with E-state index in [1.54, 1.807) is 23.5 Å². The first-order chi connectivity index (χ1) is 13.1. The molecular formula is C20H21N5OS. The predicted octanol–water partition coefficient (Wildman–Crippen LogP) is 3.55. The van der Waals surface area contributed by atoms with Gasteiger partial charge in [-0.25, -0.2) is 15.0 Å². The molecule has 3 aromatic rings. The van der Waals surface area contributed by atoms with Crippen LogP contribution < -0.4 is 11.1 Å². The van der Waals surface area contributed by atoms with E-state index >= 15 is 0 Å². The van der Waals surface area contributed by atoms with E-state index in [1.807, 2.05) is 25.1 Å². The lowest BCUT2D eigenvalue weighted by Crippen LogP contribution is -2.26. The van der Waals surface area contributed by atoms with Gasteiger partial charge in [0.1, 0.15) is 17.2 Å². The number of hydrogen-bond donors (Lipinski definition) is 2. The zero-order valence-corrected chi connectivity index (χ0v) is 15.9. The van der Waals surface area contributed by atoms with E-state index in [1.165, 1.54) is 29.7 Å². The summed E-state index contributed by atoms with van der Waals surface area (Å²) in [7, 11) is 0. The fourth-order valence-corrected chi connectivity index (χ4v) is 4.40. The Kier molecular flexibility index (Phi) is 4.85. The molecule has 1 atom stereocenters. The van der Waals surface area contributed by atoms with Crippen molar-refractivity contribution < 1.29 is 4.79 Å². The second kappa shape index (κ2) is 7.44. The van der Waals surface area contributed by atoms with Crippen LogP contribution in [0.25, 0.3) is 11.3 Å². The van der Waals surface area contributed by atoms with Gasteiger partial charge in [-0.1, -0.05) is 12.1 Å². The number of nitrogen functional groups attached to an aromatic ring is 1. The molecular weight excluding hydrogens is 358 g/mol. The lowest BCUT2D eigenvalue weighted by Gasteiger charge is -2.12. The number of aromatic nitrogens is 3. The lowest BCUT2D eigenvalue weighted by molar-refractivity contribution is 0.0940. The Labute approximate surface area is 161 Å². The Morgan fingerprint density at radius 2 is 2.07 bits per heavy atom. The van der Waals surface area contributed by atoms with Crippen LogP contribution in [-0.2, 0) is 12.8 Å². The van der Waals surface area contributed by atoms with Crippen LogP contribution in [0.1, 0.15) is 51.7 Å². The molecule has 0 aliphatic heterocycles. The molecule has 7 heteroatoms. The number of fused-ring (bicyclic) bond motifs is 1. The Morgan fingerprint density at radius 3 is 2.89 bits per heavy atom. The highest BCUT2D eigenvalue weighted by molar-refractivity contribution is 7.11. The molecule has 0 fully saturated rings. The molecule has 2 heterocycles. The van der Waals surface area contributed by atoms with Gasteiger partial charge in [-0.15, -0.1) is 11.3 Å². The van der Waals surface area contributed by atoms with Crippen LogP contribution in [0.4, 0.5) is 5.82 Å². The molecule has 0 spiro atoms. The van der Waals surface area contributed by atoms with Crippen molar-refractivity contribution in [1.29, 1.82) is 0 Å². The zero-order valence-electron chi connectivity index (χ0n) is 15.1. The normalized spacial score (nSPS) is 14.4. The van der Waals surface area contributed by atoms with Crippen LogP contribution in [0, 0.1) is 0 Å². The third-order valence-electron chi connectivity index (χ3n) is 4.69. The van der Waals surface area contributed by atoms with Crippen LogP contribution in [0.2, 0.25) is 0 Å². The topological polar surface area (TPSA) is 93.8 Å². The summed E-state index contributed by atoms with van der Waals surface area (Å²) in [6, 6.07) is 8.93. The maximum absolute atomic E-state index is 12.7. The van der Waals surface area contributed by atoms with Crippen molar-refractivity contribution in [2.45, 2.75) is 38.6 Å². The van der Waals surface area contributed by atoms with Crippen LogP contribution in [0.3, 0.4) is 0 Å². The minimum atomic E-state index is -0.125. The van der Waals surface area contributed by atoms with Crippen molar-refractivity contribution >= 4 is 23.1 Å². The summed E-state index contributed by atoms with van der Waals surface area (Å²) in [4.78, 5) is 27.0. The van der Waals surface area contributed by atoms with Crippen molar-refractivity contribution in [2.24, 2.45) is 0 Å². The fourth-order valence-electron chi connectivity index (χ4n) is 3.25. The quantitative estimate of drug-likeness (QED) is 0.723. The third kappa shape index (κ3) is 3.83. The van der Waals surface area contributed by atoms with Crippen molar-refractivity contribution in [3.8, 4) is 11.3 Å². The van der Waals surface area contributed by atoms with Crippen LogP contribution >= 0.6 is 11.3 Å².